The molecule has 8 nitrogen and oxygen atoms in total. The van der Waals surface area contributed by atoms with Crippen molar-refractivity contribution in [3.63, 3.8) is 0 Å². The summed E-state index contributed by atoms with van der Waals surface area (Å²) in [6.45, 7) is 19.2. The Bertz CT molecular complexity index is 903. The van der Waals surface area contributed by atoms with E-state index >= 15 is 0 Å². The highest BCUT2D eigenvalue weighted by Gasteiger charge is 2.68. The Balaban J connectivity index is 1.69. The van der Waals surface area contributed by atoms with Gasteiger partial charge in [0.15, 0.2) is 0 Å². The summed E-state index contributed by atoms with van der Waals surface area (Å²) in [5.74, 6) is -0.454. The van der Waals surface area contributed by atoms with Gasteiger partial charge in [0.25, 0.3) is 0 Å². The van der Waals surface area contributed by atoms with Crippen molar-refractivity contribution in [2.24, 2.45) is 29.1 Å². The molecule has 6 atom stereocenters. The molecule has 4 fully saturated rings. The van der Waals surface area contributed by atoms with Crippen molar-refractivity contribution in [3.8, 4) is 0 Å². The number of hydrogen-bond donors (Lipinski definition) is 2. The fourth-order valence-corrected chi connectivity index (χ4v) is 7.02. The van der Waals surface area contributed by atoms with Gasteiger partial charge < -0.3 is 24.7 Å². The average Bonchev–Trinajstić information content (AvgIpc) is 3.19. The maximum absolute atomic E-state index is 13.7. The highest BCUT2D eigenvalue weighted by atomic mass is 16.7. The van der Waals surface area contributed by atoms with Gasteiger partial charge in [0.05, 0.1) is 24.1 Å². The summed E-state index contributed by atoms with van der Waals surface area (Å²) >= 11 is 0. The van der Waals surface area contributed by atoms with E-state index in [9.17, 15) is 14.4 Å². The smallest absolute Gasteiger partial charge is 0.460 e. The Labute approximate surface area is 242 Å². The molecule has 0 unspecified atom stereocenters. The van der Waals surface area contributed by atoms with E-state index < -0.39 is 24.6 Å². The zero-order valence-corrected chi connectivity index (χ0v) is 26.6. The molecule has 3 aliphatic carbocycles. The van der Waals surface area contributed by atoms with Crippen LogP contribution in [0.3, 0.4) is 0 Å². The molecule has 2 N–H and O–H groups in total. The number of amides is 2. The van der Waals surface area contributed by atoms with E-state index in [4.69, 9.17) is 14.0 Å². The highest BCUT2D eigenvalue weighted by molar-refractivity contribution is 6.47. The summed E-state index contributed by atoms with van der Waals surface area (Å²) in [6, 6.07) is 0. The number of carbonyl (C=O) groups is 3. The summed E-state index contributed by atoms with van der Waals surface area (Å²) < 4.78 is 18.8. The molecule has 228 valence electrons. The van der Waals surface area contributed by atoms with Gasteiger partial charge in [-0.3, -0.25) is 14.4 Å². The molecule has 0 spiro atoms. The van der Waals surface area contributed by atoms with Crippen LogP contribution in [-0.4, -0.2) is 54.7 Å². The maximum atomic E-state index is 13.7. The molecule has 2 bridgehead atoms. The number of hydrogen-bond acceptors (Lipinski definition) is 6. The lowest BCUT2D eigenvalue weighted by molar-refractivity contribution is -0.199. The summed E-state index contributed by atoms with van der Waals surface area (Å²) in [5, 5.41) is 6.13. The van der Waals surface area contributed by atoms with Gasteiger partial charge in [0, 0.05) is 18.9 Å². The number of esters is 1. The Morgan fingerprint density at radius 2 is 1.80 bits per heavy atom. The van der Waals surface area contributed by atoms with E-state index in [1.807, 2.05) is 20.8 Å². The standard InChI is InChI=1S/C31H55BN2O6/c1-10-11-12-15-33-26(35)14-13-21(17-27(36)38-29(4,5)6)28(37)34-25(16-20(2)3)32-39-24-19-22-18-23(30(22,7)8)31(24,9)40-32/h20-25H,10-19H2,1-9H3,(H,33,35)(H,34,37)/t21-,22+,23+,24-,25+,31+/m1/s1. The largest absolute Gasteiger partial charge is 0.481 e. The Hall–Kier alpha value is -1.61. The molecular weight excluding hydrogens is 507 g/mol. The van der Waals surface area contributed by atoms with Crippen LogP contribution in [0.2, 0.25) is 0 Å². The minimum atomic E-state index is -0.683. The lowest BCUT2D eigenvalue weighted by Gasteiger charge is -2.64. The first-order valence-electron chi connectivity index (χ1n) is 15.7. The molecular formula is C31H55BN2O6. The van der Waals surface area contributed by atoms with Crippen LogP contribution in [0.15, 0.2) is 0 Å². The monoisotopic (exact) mass is 562 g/mol. The first-order valence-corrected chi connectivity index (χ1v) is 15.7. The molecule has 0 radical (unpaired) electrons. The molecule has 3 saturated carbocycles. The van der Waals surface area contributed by atoms with Crippen molar-refractivity contribution < 1.29 is 28.4 Å². The fraction of sp³-hybridized carbons (Fsp3) is 0.903. The molecule has 0 aromatic heterocycles. The van der Waals surface area contributed by atoms with E-state index in [1.54, 1.807) is 0 Å². The number of rotatable bonds is 14. The predicted octanol–water partition coefficient (Wildman–Crippen LogP) is 5.22. The summed E-state index contributed by atoms with van der Waals surface area (Å²) in [7, 11) is -0.541. The second-order valence-electron chi connectivity index (χ2n) is 14.7. The van der Waals surface area contributed by atoms with Gasteiger partial charge in [-0.1, -0.05) is 47.5 Å². The number of unbranched alkanes of at least 4 members (excludes halogenated alkanes) is 2. The number of nitrogens with one attached hydrogen (secondary N) is 2. The Morgan fingerprint density at radius 3 is 2.40 bits per heavy atom. The van der Waals surface area contributed by atoms with Gasteiger partial charge >= 0.3 is 13.1 Å². The van der Waals surface area contributed by atoms with Gasteiger partial charge in [-0.2, -0.15) is 0 Å². The quantitative estimate of drug-likeness (QED) is 0.171. The van der Waals surface area contributed by atoms with Crippen molar-refractivity contribution in [3.05, 3.63) is 0 Å². The minimum absolute atomic E-state index is 0.0230. The molecule has 0 aromatic carbocycles. The number of carbonyl (C=O) groups excluding carboxylic acids is 3. The highest BCUT2D eigenvalue weighted by Crippen LogP contribution is 2.65. The van der Waals surface area contributed by atoms with Crippen LogP contribution in [0, 0.1) is 29.1 Å². The zero-order chi connectivity index (χ0) is 29.9. The van der Waals surface area contributed by atoms with E-state index in [2.05, 4.69) is 52.2 Å². The Kier molecular flexibility index (Phi) is 10.8. The third-order valence-electron chi connectivity index (χ3n) is 9.38. The van der Waals surface area contributed by atoms with Crippen LogP contribution >= 0.6 is 0 Å². The topological polar surface area (TPSA) is 103 Å². The lowest BCUT2D eigenvalue weighted by atomic mass is 9.43. The molecule has 4 rings (SSSR count). The SMILES string of the molecule is CCCCCNC(=O)CC[C@H](CC(=O)OC(C)(C)C)C(=O)N[C@@H](CC(C)C)B1O[C@@H]2C[C@@H]3C[C@@H](C3(C)C)[C@]2(C)O1. The van der Waals surface area contributed by atoms with Crippen molar-refractivity contribution in [1.29, 1.82) is 0 Å². The lowest BCUT2D eigenvalue weighted by Crippen LogP contribution is -2.65. The summed E-state index contributed by atoms with van der Waals surface area (Å²) in [6.07, 6.45) is 6.29. The van der Waals surface area contributed by atoms with Gasteiger partial charge in [0.2, 0.25) is 11.8 Å². The van der Waals surface area contributed by atoms with E-state index in [0.29, 0.717) is 30.7 Å². The van der Waals surface area contributed by atoms with Crippen LogP contribution in [0.4, 0.5) is 0 Å². The molecule has 0 aromatic rings. The van der Waals surface area contributed by atoms with Crippen LogP contribution in [0.25, 0.3) is 0 Å². The van der Waals surface area contributed by atoms with Crippen LogP contribution in [0.5, 0.6) is 0 Å². The fourth-order valence-electron chi connectivity index (χ4n) is 7.02. The van der Waals surface area contributed by atoms with E-state index in [1.165, 1.54) is 0 Å². The molecule has 4 aliphatic rings. The predicted molar refractivity (Wildman–Crippen MR) is 157 cm³/mol. The minimum Gasteiger partial charge on any atom is -0.460 e. The normalized spacial score (nSPS) is 28.4. The summed E-state index contributed by atoms with van der Waals surface area (Å²) in [5.41, 5.74) is -0.786. The maximum Gasteiger partial charge on any atom is 0.481 e. The van der Waals surface area contributed by atoms with Crippen molar-refractivity contribution in [1.82, 2.24) is 10.6 Å². The van der Waals surface area contributed by atoms with E-state index in [-0.39, 0.29) is 54.1 Å². The molecule has 9 heteroatoms. The van der Waals surface area contributed by atoms with Crippen molar-refractivity contribution >= 4 is 24.9 Å². The van der Waals surface area contributed by atoms with Gasteiger partial charge in [-0.25, -0.2) is 0 Å². The van der Waals surface area contributed by atoms with Gasteiger partial charge in [0.1, 0.15) is 5.60 Å². The Morgan fingerprint density at radius 1 is 1.10 bits per heavy atom. The van der Waals surface area contributed by atoms with Crippen LogP contribution < -0.4 is 10.6 Å². The zero-order valence-electron chi connectivity index (χ0n) is 26.6. The molecule has 1 saturated heterocycles. The first kappa shape index (κ1) is 32.9. The third-order valence-corrected chi connectivity index (χ3v) is 9.38. The number of ether oxygens (including phenoxy) is 1. The van der Waals surface area contributed by atoms with Crippen LogP contribution in [0.1, 0.15) is 120 Å². The van der Waals surface area contributed by atoms with Gasteiger partial charge in [-0.15, -0.1) is 0 Å². The van der Waals surface area contributed by atoms with Crippen molar-refractivity contribution in [2.75, 3.05) is 6.54 Å². The second-order valence-corrected chi connectivity index (χ2v) is 14.7. The van der Waals surface area contributed by atoms with Gasteiger partial charge in [-0.05, 0) is 83.0 Å². The van der Waals surface area contributed by atoms with Crippen molar-refractivity contribution in [2.45, 2.75) is 143 Å². The van der Waals surface area contributed by atoms with Crippen LogP contribution in [-0.2, 0) is 28.4 Å². The average molecular weight is 563 g/mol. The molecule has 1 aliphatic heterocycles. The molecule has 40 heavy (non-hydrogen) atoms. The third kappa shape index (κ3) is 8.02. The first-order chi connectivity index (χ1) is 18.6. The molecule has 2 amide bonds. The molecule has 1 heterocycles. The van der Waals surface area contributed by atoms with E-state index in [0.717, 1.165) is 32.1 Å². The second kappa shape index (κ2) is 13.1. The summed E-state index contributed by atoms with van der Waals surface area (Å²) in [4.78, 5) is 38.9.